The van der Waals surface area contributed by atoms with E-state index in [1.54, 1.807) is 6.07 Å². The number of ether oxygens (including phenoxy) is 1. The third-order valence-corrected chi connectivity index (χ3v) is 9.89. The number of hydrogen-bond donors (Lipinski definition) is 3. The minimum Gasteiger partial charge on any atom is -0.508 e. The van der Waals surface area contributed by atoms with Crippen molar-refractivity contribution in [2.24, 2.45) is 11.8 Å². The predicted octanol–water partition coefficient (Wildman–Crippen LogP) is 3.27. The van der Waals surface area contributed by atoms with E-state index < -0.39 is 0 Å². The molecule has 3 N–H and O–H groups in total. The zero-order valence-corrected chi connectivity index (χ0v) is 19.8. The SMILES string of the molecule is O=CNc1cc(O)c2c3c1O[C@H]1[C@H](NC(=O)c4cccs4)CC[C@H]4[C@@H](C2)N(CC2CC2)CC[C@@]341. The molecule has 1 aromatic carbocycles. The van der Waals surface area contributed by atoms with Crippen LogP contribution in [0.1, 0.15) is 52.9 Å². The van der Waals surface area contributed by atoms with Gasteiger partial charge in [-0.3, -0.25) is 14.5 Å². The maximum absolute atomic E-state index is 13.0. The van der Waals surface area contributed by atoms with E-state index in [1.807, 2.05) is 17.5 Å². The number of thiophene rings is 1. The Morgan fingerprint density at radius 1 is 1.32 bits per heavy atom. The first-order valence-corrected chi connectivity index (χ1v) is 13.3. The number of nitrogens with zero attached hydrogens (tertiary/aromatic N) is 1. The van der Waals surface area contributed by atoms with Gasteiger partial charge in [0.2, 0.25) is 6.41 Å². The summed E-state index contributed by atoms with van der Waals surface area (Å²) in [5.41, 5.74) is 2.33. The fraction of sp³-hybridized carbons (Fsp3) is 0.538. The van der Waals surface area contributed by atoms with Crippen LogP contribution in [0.5, 0.6) is 11.5 Å². The van der Waals surface area contributed by atoms with Gasteiger partial charge in [-0.15, -0.1) is 11.3 Å². The number of phenolic OH excluding ortho intramolecular Hbond substituents is 1. The van der Waals surface area contributed by atoms with E-state index in [-0.39, 0.29) is 29.2 Å². The van der Waals surface area contributed by atoms with Crippen LogP contribution in [0.2, 0.25) is 0 Å². The number of likely N-dealkylation sites (tertiary alicyclic amines) is 1. The normalized spacial score (nSPS) is 33.1. The molecule has 5 atom stereocenters. The van der Waals surface area contributed by atoms with Crippen LogP contribution >= 0.6 is 11.3 Å². The van der Waals surface area contributed by atoms with Crippen LogP contribution in [0.3, 0.4) is 0 Å². The first-order valence-electron chi connectivity index (χ1n) is 12.4. The van der Waals surface area contributed by atoms with Crippen molar-refractivity contribution in [2.75, 3.05) is 18.4 Å². The number of rotatable bonds is 6. The second-order valence-corrected chi connectivity index (χ2v) is 11.6. The van der Waals surface area contributed by atoms with Gasteiger partial charge in [0.05, 0.1) is 16.6 Å². The molecule has 7 nitrogen and oxygen atoms in total. The number of nitrogens with one attached hydrogen (secondary N) is 2. The molecule has 7 rings (SSSR count). The summed E-state index contributed by atoms with van der Waals surface area (Å²) in [6.07, 6.45) is 6.74. The monoisotopic (exact) mass is 479 g/mol. The van der Waals surface area contributed by atoms with Gasteiger partial charge in [-0.05, 0) is 68.4 Å². The molecule has 3 aliphatic carbocycles. The second kappa shape index (κ2) is 7.46. The number of carbonyl (C=O) groups is 2. The Kier molecular flexibility index (Phi) is 4.55. The number of carbonyl (C=O) groups excluding carboxylic acids is 2. The molecule has 8 heteroatoms. The van der Waals surface area contributed by atoms with Gasteiger partial charge in [0.25, 0.3) is 5.91 Å². The molecule has 1 aromatic heterocycles. The fourth-order valence-corrected chi connectivity index (χ4v) is 8.16. The summed E-state index contributed by atoms with van der Waals surface area (Å²) in [6, 6.07) is 5.64. The Bertz CT molecular complexity index is 1160. The third kappa shape index (κ3) is 2.84. The van der Waals surface area contributed by atoms with Gasteiger partial charge in [0.15, 0.2) is 0 Å². The summed E-state index contributed by atoms with van der Waals surface area (Å²) in [7, 11) is 0. The van der Waals surface area contributed by atoms with Crippen LogP contribution in [0.25, 0.3) is 0 Å². The van der Waals surface area contributed by atoms with Crippen LogP contribution in [-0.2, 0) is 16.6 Å². The van der Waals surface area contributed by atoms with Gasteiger partial charge in [-0.1, -0.05) is 6.07 Å². The number of phenols is 1. The maximum Gasteiger partial charge on any atom is 0.261 e. The molecule has 2 saturated carbocycles. The van der Waals surface area contributed by atoms with E-state index >= 15 is 0 Å². The summed E-state index contributed by atoms with van der Waals surface area (Å²) >= 11 is 1.44. The summed E-state index contributed by atoms with van der Waals surface area (Å²) in [5, 5.41) is 19.0. The van der Waals surface area contributed by atoms with Gasteiger partial charge in [-0.2, -0.15) is 0 Å². The van der Waals surface area contributed by atoms with Crippen molar-refractivity contribution in [3.8, 4) is 11.5 Å². The van der Waals surface area contributed by atoms with Crippen LogP contribution < -0.4 is 15.4 Å². The number of anilines is 1. The molecule has 1 saturated heterocycles. The highest BCUT2D eigenvalue weighted by Crippen LogP contribution is 2.65. The number of piperidine rings is 1. The van der Waals surface area contributed by atoms with Crippen molar-refractivity contribution in [1.29, 1.82) is 0 Å². The van der Waals surface area contributed by atoms with E-state index in [0.717, 1.165) is 55.8 Å². The zero-order valence-electron chi connectivity index (χ0n) is 19.0. The predicted molar refractivity (Wildman–Crippen MR) is 129 cm³/mol. The molecule has 2 bridgehead atoms. The third-order valence-electron chi connectivity index (χ3n) is 9.02. The smallest absolute Gasteiger partial charge is 0.261 e. The van der Waals surface area contributed by atoms with Crippen molar-refractivity contribution in [1.82, 2.24) is 10.2 Å². The highest BCUT2D eigenvalue weighted by Gasteiger charge is 2.66. The average Bonchev–Trinajstić information content (AvgIpc) is 3.33. The van der Waals surface area contributed by atoms with E-state index in [2.05, 4.69) is 15.5 Å². The zero-order chi connectivity index (χ0) is 23.0. The summed E-state index contributed by atoms with van der Waals surface area (Å²) < 4.78 is 6.71. The molecule has 178 valence electrons. The summed E-state index contributed by atoms with van der Waals surface area (Å²) in [6.45, 7) is 2.16. The fourth-order valence-electron chi connectivity index (χ4n) is 7.53. The van der Waals surface area contributed by atoms with Crippen molar-refractivity contribution >= 4 is 29.3 Å². The molecule has 0 unspecified atom stereocenters. The standard InChI is InChI=1S/C26H29N3O4S/c30-13-27-18-11-20(31)15-10-19-16-5-6-17(28-25(32)21-2-1-9-34-21)24-26(16,22(15)23(18)33-24)7-8-29(19)12-14-3-4-14/h1-2,9,11,13-14,16-17,19,24,31H,3-8,10,12H2,(H,27,30)(H,28,32)/t16-,17+,19+,24-,26-/m0/s1. The Hall–Kier alpha value is -2.58. The van der Waals surface area contributed by atoms with E-state index in [1.165, 1.54) is 24.2 Å². The second-order valence-electron chi connectivity index (χ2n) is 10.7. The first kappa shape index (κ1) is 20.8. The summed E-state index contributed by atoms with van der Waals surface area (Å²) in [5.74, 6) is 2.12. The van der Waals surface area contributed by atoms with E-state index in [0.29, 0.717) is 34.7 Å². The van der Waals surface area contributed by atoms with E-state index in [4.69, 9.17) is 4.74 Å². The van der Waals surface area contributed by atoms with Crippen molar-refractivity contribution in [2.45, 2.75) is 62.1 Å². The van der Waals surface area contributed by atoms with Crippen molar-refractivity contribution in [3.63, 3.8) is 0 Å². The Morgan fingerprint density at radius 2 is 2.21 bits per heavy atom. The number of hydrogen-bond acceptors (Lipinski definition) is 6. The average molecular weight is 480 g/mol. The molecule has 3 heterocycles. The lowest BCUT2D eigenvalue weighted by Crippen LogP contribution is -2.69. The van der Waals surface area contributed by atoms with Gasteiger partial charge in [-0.25, -0.2) is 0 Å². The lowest BCUT2D eigenvalue weighted by Gasteiger charge is -2.59. The van der Waals surface area contributed by atoms with Gasteiger partial charge < -0.3 is 20.5 Å². The highest BCUT2D eigenvalue weighted by molar-refractivity contribution is 7.12. The quantitative estimate of drug-likeness (QED) is 0.554. The molecule has 5 aliphatic rings. The molecule has 2 aliphatic heterocycles. The van der Waals surface area contributed by atoms with E-state index in [9.17, 15) is 14.7 Å². The Balaban J connectivity index is 1.32. The molecular formula is C26H29N3O4S. The number of benzene rings is 1. The van der Waals surface area contributed by atoms with Gasteiger partial charge in [0.1, 0.15) is 17.6 Å². The van der Waals surface area contributed by atoms with Crippen LogP contribution in [-0.4, -0.2) is 53.6 Å². The minimum atomic E-state index is -0.253. The Labute approximate surface area is 202 Å². The molecule has 3 fully saturated rings. The molecule has 2 amide bonds. The highest BCUT2D eigenvalue weighted by atomic mass is 32.1. The molecule has 34 heavy (non-hydrogen) atoms. The van der Waals surface area contributed by atoms with Gasteiger partial charge >= 0.3 is 0 Å². The summed E-state index contributed by atoms with van der Waals surface area (Å²) in [4.78, 5) is 27.7. The van der Waals surface area contributed by atoms with Crippen molar-refractivity contribution < 1.29 is 19.4 Å². The van der Waals surface area contributed by atoms with Crippen LogP contribution in [0, 0.1) is 11.8 Å². The first-order chi connectivity index (χ1) is 16.6. The molecular weight excluding hydrogens is 450 g/mol. The molecule has 0 radical (unpaired) electrons. The Morgan fingerprint density at radius 3 is 2.97 bits per heavy atom. The lowest BCUT2D eigenvalue weighted by atomic mass is 9.51. The number of aromatic hydroxyl groups is 1. The number of amides is 2. The lowest BCUT2D eigenvalue weighted by molar-refractivity contribution is -0.105. The van der Waals surface area contributed by atoms with Crippen molar-refractivity contribution in [3.05, 3.63) is 39.6 Å². The largest absolute Gasteiger partial charge is 0.508 e. The van der Waals surface area contributed by atoms with Crippen LogP contribution in [0.15, 0.2) is 23.6 Å². The van der Waals surface area contributed by atoms with Crippen LogP contribution in [0.4, 0.5) is 5.69 Å². The minimum absolute atomic E-state index is 0.0535. The topological polar surface area (TPSA) is 90.9 Å². The van der Waals surface area contributed by atoms with Gasteiger partial charge in [0, 0.05) is 35.2 Å². The molecule has 2 aromatic rings. The maximum atomic E-state index is 13.0. The molecule has 1 spiro atoms.